The van der Waals surface area contributed by atoms with E-state index in [1.165, 1.54) is 6.42 Å². The Hall–Kier alpha value is -2.12. The van der Waals surface area contributed by atoms with Crippen molar-refractivity contribution in [3.63, 3.8) is 0 Å². The first-order valence-electron chi connectivity index (χ1n) is 9.83. The summed E-state index contributed by atoms with van der Waals surface area (Å²) in [6, 6.07) is 7.69. The second-order valence-corrected chi connectivity index (χ2v) is 7.24. The zero-order valence-electron chi connectivity index (χ0n) is 16.1. The number of piperidine rings is 1. The van der Waals surface area contributed by atoms with Crippen molar-refractivity contribution in [1.82, 2.24) is 15.1 Å². The molecule has 2 fully saturated rings. The molecule has 27 heavy (non-hydrogen) atoms. The Balaban J connectivity index is 1.61. The number of hydrogen-bond acceptors (Lipinski definition) is 4. The highest BCUT2D eigenvalue weighted by atomic mass is 16.5. The van der Waals surface area contributed by atoms with Crippen LogP contribution in [0.3, 0.4) is 0 Å². The summed E-state index contributed by atoms with van der Waals surface area (Å²) in [6.07, 6.45) is 3.56. The van der Waals surface area contributed by atoms with Gasteiger partial charge in [-0.25, -0.2) is 4.79 Å². The van der Waals surface area contributed by atoms with E-state index in [4.69, 9.17) is 4.74 Å². The van der Waals surface area contributed by atoms with Crippen molar-refractivity contribution in [2.45, 2.75) is 31.7 Å². The van der Waals surface area contributed by atoms with Crippen LogP contribution in [0.25, 0.3) is 0 Å². The number of benzene rings is 1. The molecule has 0 aliphatic carbocycles. The monoisotopic (exact) mass is 374 g/mol. The Bertz CT molecular complexity index is 646. The van der Waals surface area contributed by atoms with Crippen LogP contribution in [-0.2, 0) is 16.0 Å². The molecule has 2 heterocycles. The summed E-state index contributed by atoms with van der Waals surface area (Å²) in [5, 5.41) is 5.64. The molecule has 2 aliphatic rings. The van der Waals surface area contributed by atoms with E-state index in [0.29, 0.717) is 6.42 Å². The number of carbonyl (C=O) groups excluding carboxylic acids is 2. The summed E-state index contributed by atoms with van der Waals surface area (Å²) >= 11 is 0. The van der Waals surface area contributed by atoms with Gasteiger partial charge in [0.25, 0.3) is 0 Å². The average molecular weight is 374 g/mol. The third-order valence-corrected chi connectivity index (χ3v) is 5.28. The number of ether oxygens (including phenoxy) is 1. The fourth-order valence-electron chi connectivity index (χ4n) is 3.77. The second kappa shape index (κ2) is 9.71. The van der Waals surface area contributed by atoms with E-state index in [1.54, 1.807) is 7.05 Å². The lowest BCUT2D eigenvalue weighted by Gasteiger charge is -2.39. The van der Waals surface area contributed by atoms with Gasteiger partial charge in [-0.05, 0) is 37.0 Å². The molecule has 3 amide bonds. The molecule has 7 nitrogen and oxygen atoms in total. The molecule has 1 unspecified atom stereocenters. The van der Waals surface area contributed by atoms with Gasteiger partial charge in [0.05, 0.1) is 19.6 Å². The molecule has 1 atom stereocenters. The number of anilines is 1. The van der Waals surface area contributed by atoms with Gasteiger partial charge in [0.15, 0.2) is 0 Å². The number of likely N-dealkylation sites (N-methyl/N-ethyl adjacent to an activating group) is 1. The fourth-order valence-corrected chi connectivity index (χ4v) is 3.77. The summed E-state index contributed by atoms with van der Waals surface area (Å²) in [5.74, 6) is -0.0416. The molecule has 0 aromatic heterocycles. The van der Waals surface area contributed by atoms with E-state index in [9.17, 15) is 9.59 Å². The van der Waals surface area contributed by atoms with Gasteiger partial charge < -0.3 is 20.3 Å². The first kappa shape index (κ1) is 19.6. The molecule has 2 aliphatic heterocycles. The SMILES string of the molecule is CNC(=O)Cc1cccc(NC(=O)N2CCCCC2CN2CCOCC2)c1. The molecule has 0 spiro atoms. The number of nitrogens with zero attached hydrogens (tertiary/aromatic N) is 2. The van der Waals surface area contributed by atoms with Gasteiger partial charge in [-0.2, -0.15) is 0 Å². The Kier molecular flexibility index (Phi) is 7.06. The number of urea groups is 1. The first-order chi connectivity index (χ1) is 13.2. The summed E-state index contributed by atoms with van der Waals surface area (Å²) in [5.41, 5.74) is 1.62. The van der Waals surface area contributed by atoms with Crippen LogP contribution in [0.4, 0.5) is 10.5 Å². The lowest BCUT2D eigenvalue weighted by atomic mass is 10.0. The maximum atomic E-state index is 12.9. The molecule has 2 N–H and O–H groups in total. The molecule has 1 aromatic carbocycles. The number of nitrogens with one attached hydrogen (secondary N) is 2. The molecule has 0 bridgehead atoms. The molecular weight excluding hydrogens is 344 g/mol. The zero-order chi connectivity index (χ0) is 19.1. The fraction of sp³-hybridized carbons (Fsp3) is 0.600. The zero-order valence-corrected chi connectivity index (χ0v) is 16.1. The smallest absolute Gasteiger partial charge is 0.322 e. The molecular formula is C20H30N4O3. The van der Waals surface area contributed by atoms with Crippen LogP contribution in [0.2, 0.25) is 0 Å². The minimum Gasteiger partial charge on any atom is -0.379 e. The highest BCUT2D eigenvalue weighted by molar-refractivity contribution is 5.90. The van der Waals surface area contributed by atoms with Crippen LogP contribution in [0.15, 0.2) is 24.3 Å². The van der Waals surface area contributed by atoms with Gasteiger partial charge >= 0.3 is 6.03 Å². The van der Waals surface area contributed by atoms with Crippen LogP contribution in [0.1, 0.15) is 24.8 Å². The van der Waals surface area contributed by atoms with Crippen LogP contribution in [-0.4, -0.2) is 74.2 Å². The number of morpholine rings is 1. The number of carbonyl (C=O) groups is 2. The van der Waals surface area contributed by atoms with E-state index in [1.807, 2.05) is 29.2 Å². The first-order valence-corrected chi connectivity index (χ1v) is 9.83. The topological polar surface area (TPSA) is 73.9 Å². The van der Waals surface area contributed by atoms with Crippen molar-refractivity contribution >= 4 is 17.6 Å². The van der Waals surface area contributed by atoms with E-state index in [-0.39, 0.29) is 18.0 Å². The summed E-state index contributed by atoms with van der Waals surface area (Å²) in [6.45, 7) is 5.13. The highest BCUT2D eigenvalue weighted by Crippen LogP contribution is 2.20. The summed E-state index contributed by atoms with van der Waals surface area (Å²) < 4.78 is 5.43. The Labute approximate surface area is 161 Å². The van der Waals surface area contributed by atoms with Crippen molar-refractivity contribution in [1.29, 1.82) is 0 Å². The lowest BCUT2D eigenvalue weighted by molar-refractivity contribution is -0.119. The summed E-state index contributed by atoms with van der Waals surface area (Å²) in [7, 11) is 1.62. The number of hydrogen-bond donors (Lipinski definition) is 2. The van der Waals surface area contributed by atoms with E-state index < -0.39 is 0 Å². The van der Waals surface area contributed by atoms with E-state index in [2.05, 4.69) is 15.5 Å². The Morgan fingerprint density at radius 1 is 1.19 bits per heavy atom. The van der Waals surface area contributed by atoms with Gasteiger partial charge in [-0.1, -0.05) is 12.1 Å². The molecule has 2 saturated heterocycles. The maximum Gasteiger partial charge on any atom is 0.322 e. The third kappa shape index (κ3) is 5.68. The average Bonchev–Trinajstić information content (AvgIpc) is 2.69. The van der Waals surface area contributed by atoms with Gasteiger partial charge in [0.2, 0.25) is 5.91 Å². The van der Waals surface area contributed by atoms with Gasteiger partial charge in [-0.15, -0.1) is 0 Å². The Morgan fingerprint density at radius 3 is 2.78 bits per heavy atom. The van der Waals surface area contributed by atoms with Crippen LogP contribution in [0, 0.1) is 0 Å². The molecule has 148 valence electrons. The van der Waals surface area contributed by atoms with Crippen molar-refractivity contribution in [3.05, 3.63) is 29.8 Å². The lowest BCUT2D eigenvalue weighted by Crippen LogP contribution is -2.52. The van der Waals surface area contributed by atoms with Crippen molar-refractivity contribution < 1.29 is 14.3 Å². The van der Waals surface area contributed by atoms with Crippen LogP contribution in [0.5, 0.6) is 0 Å². The highest BCUT2D eigenvalue weighted by Gasteiger charge is 2.28. The molecule has 3 rings (SSSR count). The van der Waals surface area contributed by atoms with Crippen molar-refractivity contribution in [2.75, 3.05) is 51.8 Å². The van der Waals surface area contributed by atoms with E-state index in [0.717, 1.165) is 63.5 Å². The summed E-state index contributed by atoms with van der Waals surface area (Å²) in [4.78, 5) is 28.8. The largest absolute Gasteiger partial charge is 0.379 e. The van der Waals surface area contributed by atoms with Crippen LogP contribution >= 0.6 is 0 Å². The minimum atomic E-state index is -0.0509. The van der Waals surface area contributed by atoms with Crippen molar-refractivity contribution in [2.24, 2.45) is 0 Å². The maximum absolute atomic E-state index is 12.9. The second-order valence-electron chi connectivity index (χ2n) is 7.24. The standard InChI is InChI=1S/C20H30N4O3/c1-21-19(25)14-16-5-4-6-17(13-16)22-20(26)24-8-3-2-7-18(24)15-23-9-11-27-12-10-23/h4-6,13,18H,2-3,7-12,14-15H2,1H3,(H,21,25)(H,22,26). The third-order valence-electron chi connectivity index (χ3n) is 5.28. The van der Waals surface area contributed by atoms with Gasteiger partial charge in [-0.3, -0.25) is 9.69 Å². The van der Waals surface area contributed by atoms with Gasteiger partial charge in [0.1, 0.15) is 0 Å². The quantitative estimate of drug-likeness (QED) is 0.823. The van der Waals surface area contributed by atoms with Crippen LogP contribution < -0.4 is 10.6 Å². The number of amides is 3. The van der Waals surface area contributed by atoms with E-state index >= 15 is 0 Å². The van der Waals surface area contributed by atoms with Gasteiger partial charge in [0, 0.05) is 45.0 Å². The molecule has 1 aromatic rings. The normalized spacial score (nSPS) is 20.9. The van der Waals surface area contributed by atoms with Crippen molar-refractivity contribution in [3.8, 4) is 0 Å². The number of likely N-dealkylation sites (tertiary alicyclic amines) is 1. The Morgan fingerprint density at radius 2 is 2.00 bits per heavy atom. The minimum absolute atomic E-state index is 0.0416. The molecule has 0 radical (unpaired) electrons. The molecule has 0 saturated carbocycles. The number of rotatable bonds is 5. The predicted molar refractivity (Wildman–Crippen MR) is 105 cm³/mol. The molecule has 7 heteroatoms. The predicted octanol–water partition coefficient (Wildman–Crippen LogP) is 1.69.